The van der Waals surface area contributed by atoms with Gasteiger partial charge in [0.05, 0.1) is 0 Å². The molecule has 66 valence electrons. The van der Waals surface area contributed by atoms with Crippen LogP contribution in [0, 0.1) is 5.41 Å². The molecule has 1 saturated heterocycles. The summed E-state index contributed by atoms with van der Waals surface area (Å²) in [6.45, 7) is 5.00. The van der Waals surface area contributed by atoms with Gasteiger partial charge in [0.1, 0.15) is 0 Å². The van der Waals surface area contributed by atoms with Crippen molar-refractivity contribution >= 4 is 0 Å². The number of aliphatic hydroxyl groups is 1. The highest BCUT2D eigenvalue weighted by Gasteiger charge is 2.25. The van der Waals surface area contributed by atoms with Crippen molar-refractivity contribution in [1.29, 1.82) is 0 Å². The van der Waals surface area contributed by atoms with Gasteiger partial charge in [-0.3, -0.25) is 0 Å². The molecule has 0 aromatic heterocycles. The predicted octanol–water partition coefficient (Wildman–Crippen LogP) is 1.15. The quantitative estimate of drug-likeness (QED) is 0.644. The molecule has 0 unspecified atom stereocenters. The van der Waals surface area contributed by atoms with Crippen LogP contribution in [0.5, 0.6) is 0 Å². The average Bonchev–Trinajstić information content (AvgIpc) is 2.03. The van der Waals surface area contributed by atoms with Crippen molar-refractivity contribution in [3.05, 3.63) is 0 Å². The summed E-state index contributed by atoms with van der Waals surface area (Å²) < 4.78 is 0. The van der Waals surface area contributed by atoms with Gasteiger partial charge in [-0.05, 0) is 44.2 Å². The maximum atomic E-state index is 8.70. The minimum atomic E-state index is 0.350. The Kier molecular flexibility index (Phi) is 3.34. The van der Waals surface area contributed by atoms with Crippen LogP contribution in [0.2, 0.25) is 0 Å². The van der Waals surface area contributed by atoms with Crippen LogP contribution in [0.15, 0.2) is 0 Å². The van der Waals surface area contributed by atoms with E-state index in [1.807, 2.05) is 0 Å². The molecule has 1 aliphatic rings. The van der Waals surface area contributed by atoms with Gasteiger partial charge in [0, 0.05) is 6.61 Å². The molecule has 0 aliphatic carbocycles. The summed E-state index contributed by atoms with van der Waals surface area (Å²) in [4.78, 5) is 0. The normalized spacial score (nSPS) is 23.5. The lowest BCUT2D eigenvalue weighted by Crippen LogP contribution is -2.34. The summed E-state index contributed by atoms with van der Waals surface area (Å²) in [5.74, 6) is 0. The molecular weight excluding hydrogens is 138 g/mol. The standard InChI is InChI=1S/C9H19NO/c1-9(3-2-8-11)4-6-10-7-5-9/h10-11H,2-8H2,1H3. The fraction of sp³-hybridized carbons (Fsp3) is 1.00. The Labute approximate surface area is 69.0 Å². The Balaban J connectivity index is 2.25. The lowest BCUT2D eigenvalue weighted by Gasteiger charge is -2.33. The summed E-state index contributed by atoms with van der Waals surface area (Å²) in [6, 6.07) is 0. The van der Waals surface area contributed by atoms with Crippen molar-refractivity contribution < 1.29 is 5.11 Å². The molecule has 1 aliphatic heterocycles. The summed E-state index contributed by atoms with van der Waals surface area (Å²) in [6.07, 6.45) is 4.70. The van der Waals surface area contributed by atoms with Crippen LogP contribution in [0.25, 0.3) is 0 Å². The Bertz CT molecular complexity index is 108. The van der Waals surface area contributed by atoms with Crippen molar-refractivity contribution in [2.45, 2.75) is 32.6 Å². The van der Waals surface area contributed by atoms with Crippen LogP contribution < -0.4 is 5.32 Å². The lowest BCUT2D eigenvalue weighted by atomic mass is 9.77. The molecule has 2 N–H and O–H groups in total. The van der Waals surface area contributed by atoms with Crippen LogP contribution >= 0.6 is 0 Å². The molecule has 2 heteroatoms. The second-order valence-electron chi connectivity index (χ2n) is 3.89. The Hall–Kier alpha value is -0.0800. The maximum Gasteiger partial charge on any atom is 0.0431 e. The van der Waals surface area contributed by atoms with E-state index in [1.54, 1.807) is 0 Å². The van der Waals surface area contributed by atoms with Crippen LogP contribution in [-0.2, 0) is 0 Å². The van der Waals surface area contributed by atoms with Gasteiger partial charge >= 0.3 is 0 Å². The third-order valence-corrected chi connectivity index (χ3v) is 2.75. The van der Waals surface area contributed by atoms with Gasteiger partial charge in [0.25, 0.3) is 0 Å². The first-order valence-corrected chi connectivity index (χ1v) is 4.58. The molecule has 0 aromatic carbocycles. The highest BCUT2D eigenvalue weighted by atomic mass is 16.2. The SMILES string of the molecule is CC1(CCCO)CCNCC1. The third kappa shape index (κ3) is 2.80. The zero-order valence-electron chi connectivity index (χ0n) is 7.40. The van der Waals surface area contributed by atoms with Gasteiger partial charge in [-0.15, -0.1) is 0 Å². The summed E-state index contributed by atoms with van der Waals surface area (Å²) in [5, 5.41) is 12.0. The van der Waals surface area contributed by atoms with Gasteiger partial charge in [0.15, 0.2) is 0 Å². The molecule has 1 heterocycles. The summed E-state index contributed by atoms with van der Waals surface area (Å²) in [5.41, 5.74) is 0.508. The fourth-order valence-electron chi connectivity index (χ4n) is 1.79. The molecule has 1 fully saturated rings. The molecule has 0 bridgehead atoms. The van der Waals surface area contributed by atoms with E-state index < -0.39 is 0 Å². The van der Waals surface area contributed by atoms with E-state index in [4.69, 9.17) is 5.11 Å². The number of nitrogens with one attached hydrogen (secondary N) is 1. The van der Waals surface area contributed by atoms with Gasteiger partial charge in [-0.2, -0.15) is 0 Å². The van der Waals surface area contributed by atoms with Crippen molar-refractivity contribution in [2.24, 2.45) is 5.41 Å². The first-order valence-electron chi connectivity index (χ1n) is 4.58. The zero-order chi connectivity index (χ0) is 8.16. The van der Waals surface area contributed by atoms with E-state index in [9.17, 15) is 0 Å². The monoisotopic (exact) mass is 157 g/mol. The number of hydrogen-bond donors (Lipinski definition) is 2. The Morgan fingerprint density at radius 2 is 2.00 bits per heavy atom. The first-order chi connectivity index (χ1) is 5.27. The van der Waals surface area contributed by atoms with Gasteiger partial charge < -0.3 is 10.4 Å². The highest BCUT2D eigenvalue weighted by Crippen LogP contribution is 2.32. The minimum Gasteiger partial charge on any atom is -0.396 e. The van der Waals surface area contributed by atoms with Crippen LogP contribution in [0.3, 0.4) is 0 Å². The van der Waals surface area contributed by atoms with Crippen molar-refractivity contribution in [3.8, 4) is 0 Å². The van der Waals surface area contributed by atoms with E-state index >= 15 is 0 Å². The molecule has 0 atom stereocenters. The Morgan fingerprint density at radius 3 is 2.55 bits per heavy atom. The number of piperidine rings is 1. The molecule has 2 nitrogen and oxygen atoms in total. The number of hydrogen-bond acceptors (Lipinski definition) is 2. The number of rotatable bonds is 3. The molecule has 0 spiro atoms. The van der Waals surface area contributed by atoms with E-state index in [0.29, 0.717) is 12.0 Å². The van der Waals surface area contributed by atoms with Crippen molar-refractivity contribution in [2.75, 3.05) is 19.7 Å². The Morgan fingerprint density at radius 1 is 1.36 bits per heavy atom. The molecule has 0 radical (unpaired) electrons. The molecular formula is C9H19NO. The van der Waals surface area contributed by atoms with Gasteiger partial charge in [0.2, 0.25) is 0 Å². The summed E-state index contributed by atoms with van der Waals surface area (Å²) in [7, 11) is 0. The number of aliphatic hydroxyl groups excluding tert-OH is 1. The molecule has 0 amide bonds. The van der Waals surface area contributed by atoms with Crippen LogP contribution in [0.1, 0.15) is 32.6 Å². The van der Waals surface area contributed by atoms with Crippen LogP contribution in [0.4, 0.5) is 0 Å². The smallest absolute Gasteiger partial charge is 0.0431 e. The lowest BCUT2D eigenvalue weighted by molar-refractivity contribution is 0.182. The first kappa shape index (κ1) is 9.01. The van der Waals surface area contributed by atoms with E-state index in [1.165, 1.54) is 19.3 Å². The average molecular weight is 157 g/mol. The predicted molar refractivity (Wildman–Crippen MR) is 46.5 cm³/mol. The molecule has 0 saturated carbocycles. The third-order valence-electron chi connectivity index (χ3n) is 2.75. The second-order valence-corrected chi connectivity index (χ2v) is 3.89. The van der Waals surface area contributed by atoms with Gasteiger partial charge in [-0.1, -0.05) is 6.92 Å². The topological polar surface area (TPSA) is 32.3 Å². The highest BCUT2D eigenvalue weighted by molar-refractivity contribution is 4.79. The van der Waals surface area contributed by atoms with Crippen molar-refractivity contribution in [3.63, 3.8) is 0 Å². The zero-order valence-corrected chi connectivity index (χ0v) is 7.40. The summed E-state index contributed by atoms with van der Waals surface area (Å²) >= 11 is 0. The van der Waals surface area contributed by atoms with E-state index in [-0.39, 0.29) is 0 Å². The maximum absolute atomic E-state index is 8.70. The van der Waals surface area contributed by atoms with Crippen molar-refractivity contribution in [1.82, 2.24) is 5.32 Å². The van der Waals surface area contributed by atoms with E-state index in [0.717, 1.165) is 19.5 Å². The largest absolute Gasteiger partial charge is 0.396 e. The molecule has 0 aromatic rings. The second kappa shape index (κ2) is 4.07. The van der Waals surface area contributed by atoms with Gasteiger partial charge in [-0.25, -0.2) is 0 Å². The minimum absolute atomic E-state index is 0.350. The molecule has 11 heavy (non-hydrogen) atoms. The fourth-order valence-corrected chi connectivity index (χ4v) is 1.79. The van der Waals surface area contributed by atoms with E-state index in [2.05, 4.69) is 12.2 Å². The van der Waals surface area contributed by atoms with Crippen LogP contribution in [-0.4, -0.2) is 24.8 Å². The molecule has 1 rings (SSSR count).